The standard InChI is InChI=1S/C18H15Cl2N3O3S/c19-14-7-4-8-16(18(14)20)27(25,26)21-11-12-23-17(24)10-9-15(22-23)13-5-2-1-3-6-13/h1-10,21H,11-12H2. The zero-order chi connectivity index (χ0) is 19.4. The summed E-state index contributed by atoms with van der Waals surface area (Å²) in [6.07, 6.45) is 0. The molecule has 0 aliphatic rings. The Kier molecular flexibility index (Phi) is 5.96. The number of hydrogen-bond acceptors (Lipinski definition) is 4. The van der Waals surface area contributed by atoms with Crippen LogP contribution in [0.1, 0.15) is 0 Å². The molecule has 1 heterocycles. The van der Waals surface area contributed by atoms with Gasteiger partial charge in [-0.2, -0.15) is 5.10 Å². The molecule has 27 heavy (non-hydrogen) atoms. The molecule has 0 atom stereocenters. The summed E-state index contributed by atoms with van der Waals surface area (Å²) >= 11 is 11.8. The third-order valence-electron chi connectivity index (χ3n) is 3.76. The largest absolute Gasteiger partial charge is 0.268 e. The minimum atomic E-state index is -3.87. The molecule has 1 N–H and O–H groups in total. The second-order valence-electron chi connectivity index (χ2n) is 5.60. The van der Waals surface area contributed by atoms with Crippen LogP contribution in [0.3, 0.4) is 0 Å². The van der Waals surface area contributed by atoms with Crippen molar-refractivity contribution in [3.8, 4) is 11.3 Å². The van der Waals surface area contributed by atoms with Gasteiger partial charge in [0.1, 0.15) is 4.90 Å². The average Bonchev–Trinajstić information content (AvgIpc) is 2.66. The maximum Gasteiger partial charge on any atom is 0.266 e. The molecule has 0 fully saturated rings. The van der Waals surface area contributed by atoms with Gasteiger partial charge < -0.3 is 0 Å². The second-order valence-corrected chi connectivity index (χ2v) is 8.12. The summed E-state index contributed by atoms with van der Waals surface area (Å²) in [7, 11) is -3.87. The van der Waals surface area contributed by atoms with Gasteiger partial charge in [0.25, 0.3) is 5.56 Å². The van der Waals surface area contributed by atoms with Crippen LogP contribution in [0.4, 0.5) is 0 Å². The molecule has 0 saturated carbocycles. The molecule has 140 valence electrons. The van der Waals surface area contributed by atoms with Gasteiger partial charge in [-0.05, 0) is 18.2 Å². The fourth-order valence-corrected chi connectivity index (χ4v) is 4.21. The van der Waals surface area contributed by atoms with Crippen molar-refractivity contribution in [1.29, 1.82) is 0 Å². The van der Waals surface area contributed by atoms with E-state index in [9.17, 15) is 13.2 Å². The van der Waals surface area contributed by atoms with Crippen molar-refractivity contribution in [2.75, 3.05) is 6.54 Å². The number of rotatable bonds is 6. The van der Waals surface area contributed by atoms with Gasteiger partial charge in [-0.25, -0.2) is 17.8 Å². The molecule has 0 unspecified atom stereocenters. The van der Waals surface area contributed by atoms with E-state index < -0.39 is 10.0 Å². The van der Waals surface area contributed by atoms with Gasteiger partial charge in [0.2, 0.25) is 10.0 Å². The molecule has 9 heteroatoms. The SMILES string of the molecule is O=c1ccc(-c2ccccc2)nn1CCNS(=O)(=O)c1cccc(Cl)c1Cl. The van der Waals surface area contributed by atoms with E-state index in [1.165, 1.54) is 28.9 Å². The molecule has 6 nitrogen and oxygen atoms in total. The highest BCUT2D eigenvalue weighted by molar-refractivity contribution is 7.89. The van der Waals surface area contributed by atoms with Crippen molar-refractivity contribution in [3.63, 3.8) is 0 Å². The lowest BCUT2D eigenvalue weighted by atomic mass is 10.1. The van der Waals surface area contributed by atoms with E-state index >= 15 is 0 Å². The van der Waals surface area contributed by atoms with Crippen LogP contribution in [-0.4, -0.2) is 24.7 Å². The van der Waals surface area contributed by atoms with Crippen LogP contribution >= 0.6 is 23.2 Å². The smallest absolute Gasteiger partial charge is 0.266 e. The number of benzene rings is 2. The van der Waals surface area contributed by atoms with Crippen molar-refractivity contribution < 1.29 is 8.42 Å². The Labute approximate surface area is 166 Å². The van der Waals surface area contributed by atoms with E-state index in [-0.39, 0.29) is 33.6 Å². The summed E-state index contributed by atoms with van der Waals surface area (Å²) in [5, 5.41) is 4.39. The Balaban J connectivity index is 1.75. The summed E-state index contributed by atoms with van der Waals surface area (Å²) in [6.45, 7) is 0.0350. The van der Waals surface area contributed by atoms with Gasteiger partial charge in [-0.15, -0.1) is 0 Å². The van der Waals surface area contributed by atoms with E-state index in [0.717, 1.165) is 5.56 Å². The van der Waals surface area contributed by atoms with Crippen LogP contribution < -0.4 is 10.3 Å². The van der Waals surface area contributed by atoms with Gasteiger partial charge in [0, 0.05) is 18.2 Å². The summed E-state index contributed by atoms with van der Waals surface area (Å²) < 4.78 is 28.4. The summed E-state index contributed by atoms with van der Waals surface area (Å²) in [4.78, 5) is 11.9. The third kappa shape index (κ3) is 4.56. The maximum atomic E-state index is 12.4. The van der Waals surface area contributed by atoms with Gasteiger partial charge in [0.05, 0.1) is 22.3 Å². The summed E-state index contributed by atoms with van der Waals surface area (Å²) in [5.41, 5.74) is 1.16. The molecule has 0 aliphatic heterocycles. The van der Waals surface area contributed by atoms with Gasteiger partial charge in [-0.1, -0.05) is 59.6 Å². The molecule has 0 bridgehead atoms. The lowest BCUT2D eigenvalue weighted by Crippen LogP contribution is -2.32. The monoisotopic (exact) mass is 423 g/mol. The Bertz CT molecular complexity index is 1120. The first kappa shape index (κ1) is 19.6. The number of nitrogens with zero attached hydrogens (tertiary/aromatic N) is 2. The molecule has 0 spiro atoms. The number of halogens is 2. The highest BCUT2D eigenvalue weighted by Crippen LogP contribution is 2.28. The Morgan fingerprint density at radius 3 is 2.44 bits per heavy atom. The first-order valence-corrected chi connectivity index (χ1v) is 10.2. The molecule has 0 radical (unpaired) electrons. The van der Waals surface area contributed by atoms with Crippen LogP contribution in [-0.2, 0) is 16.6 Å². The lowest BCUT2D eigenvalue weighted by molar-refractivity contribution is 0.549. The maximum absolute atomic E-state index is 12.4. The number of nitrogens with one attached hydrogen (secondary N) is 1. The van der Waals surface area contributed by atoms with Crippen LogP contribution in [0.2, 0.25) is 10.0 Å². The molecule has 3 aromatic rings. The summed E-state index contributed by atoms with van der Waals surface area (Å²) in [5.74, 6) is 0. The Hall–Kier alpha value is -2.19. The zero-order valence-electron chi connectivity index (χ0n) is 14.0. The third-order valence-corrected chi connectivity index (χ3v) is 6.19. The fraction of sp³-hybridized carbons (Fsp3) is 0.111. The summed E-state index contributed by atoms with van der Waals surface area (Å²) in [6, 6.07) is 16.8. The van der Waals surface area contributed by atoms with Crippen LogP contribution in [0.15, 0.2) is 70.4 Å². The average molecular weight is 424 g/mol. The molecule has 1 aromatic heterocycles. The van der Waals surface area contributed by atoms with Crippen molar-refractivity contribution >= 4 is 33.2 Å². The molecule has 3 rings (SSSR count). The van der Waals surface area contributed by atoms with Crippen molar-refractivity contribution in [2.45, 2.75) is 11.4 Å². The van der Waals surface area contributed by atoms with Gasteiger partial charge >= 0.3 is 0 Å². The van der Waals surface area contributed by atoms with Crippen LogP contribution in [0.25, 0.3) is 11.3 Å². The predicted molar refractivity (Wildman–Crippen MR) is 106 cm³/mol. The quantitative estimate of drug-likeness (QED) is 0.659. The van der Waals surface area contributed by atoms with E-state index in [4.69, 9.17) is 23.2 Å². The van der Waals surface area contributed by atoms with Crippen LogP contribution in [0, 0.1) is 0 Å². The van der Waals surface area contributed by atoms with Gasteiger partial charge in [-0.3, -0.25) is 4.79 Å². The topological polar surface area (TPSA) is 81.1 Å². The predicted octanol–water partition coefficient (Wildman–Crippen LogP) is 3.20. The normalized spacial score (nSPS) is 11.5. The minimum Gasteiger partial charge on any atom is -0.268 e. The fourth-order valence-electron chi connectivity index (χ4n) is 2.43. The van der Waals surface area contributed by atoms with E-state index in [1.807, 2.05) is 30.3 Å². The lowest BCUT2D eigenvalue weighted by Gasteiger charge is -2.10. The van der Waals surface area contributed by atoms with Crippen molar-refractivity contribution in [2.24, 2.45) is 0 Å². The second kappa shape index (κ2) is 8.22. The van der Waals surface area contributed by atoms with Crippen molar-refractivity contribution in [1.82, 2.24) is 14.5 Å². The number of sulfonamides is 1. The molecule has 0 saturated heterocycles. The van der Waals surface area contributed by atoms with Crippen molar-refractivity contribution in [3.05, 3.63) is 81.1 Å². The highest BCUT2D eigenvalue weighted by Gasteiger charge is 2.19. The Morgan fingerprint density at radius 2 is 1.70 bits per heavy atom. The molecular weight excluding hydrogens is 409 g/mol. The van der Waals surface area contributed by atoms with E-state index in [0.29, 0.717) is 5.69 Å². The molecule has 0 aliphatic carbocycles. The van der Waals surface area contributed by atoms with E-state index in [1.54, 1.807) is 6.07 Å². The molecular formula is C18H15Cl2N3O3S. The minimum absolute atomic E-state index is 0.0314. The number of aromatic nitrogens is 2. The highest BCUT2D eigenvalue weighted by atomic mass is 35.5. The Morgan fingerprint density at radius 1 is 0.963 bits per heavy atom. The first-order chi connectivity index (χ1) is 12.9. The molecule has 0 amide bonds. The molecule has 2 aromatic carbocycles. The van der Waals surface area contributed by atoms with E-state index in [2.05, 4.69) is 9.82 Å². The first-order valence-electron chi connectivity index (χ1n) is 7.96. The van der Waals surface area contributed by atoms with Crippen LogP contribution in [0.5, 0.6) is 0 Å². The number of hydrogen-bond donors (Lipinski definition) is 1. The van der Waals surface area contributed by atoms with Gasteiger partial charge in [0.15, 0.2) is 0 Å². The zero-order valence-corrected chi connectivity index (χ0v) is 16.3.